The minimum Gasteiger partial charge on any atom is -0.373 e. The Morgan fingerprint density at radius 3 is 1.08 bits per heavy atom. The highest BCUT2D eigenvalue weighted by molar-refractivity contribution is 4.68. The van der Waals surface area contributed by atoms with Crippen molar-refractivity contribution in [2.24, 2.45) is 5.73 Å². The zero-order valence-electron chi connectivity index (χ0n) is 16.4. The number of nitrogens with two attached hydrogens (primary N) is 1. The van der Waals surface area contributed by atoms with Gasteiger partial charge >= 0.3 is 0 Å². The highest BCUT2D eigenvalue weighted by Crippen LogP contribution is 2.18. The molecule has 0 aromatic rings. The molecule has 2 heteroatoms. The van der Waals surface area contributed by atoms with Crippen LogP contribution >= 0.6 is 0 Å². The Morgan fingerprint density at radius 1 is 0.500 bits per heavy atom. The van der Waals surface area contributed by atoms with Crippen molar-refractivity contribution in [2.75, 3.05) is 13.2 Å². The van der Waals surface area contributed by atoms with E-state index in [1.165, 1.54) is 122 Å². The molecule has 1 heterocycles. The fourth-order valence-electron chi connectivity index (χ4n) is 3.58. The summed E-state index contributed by atoms with van der Waals surface area (Å²) in [6.45, 7) is 1.91. The molecule has 0 saturated carbocycles. The van der Waals surface area contributed by atoms with Gasteiger partial charge in [0.1, 0.15) is 0 Å². The molecule has 1 saturated heterocycles. The monoisotopic (exact) mass is 339 g/mol. The van der Waals surface area contributed by atoms with Crippen molar-refractivity contribution in [3.63, 3.8) is 0 Å². The normalized spacial score (nSPS) is 16.6. The molecule has 1 atom stereocenters. The maximum atomic E-state index is 5.51. The Bertz CT molecular complexity index is 240. The zero-order chi connectivity index (χ0) is 17.1. The summed E-state index contributed by atoms with van der Waals surface area (Å²) in [5, 5.41) is 0. The predicted molar refractivity (Wildman–Crippen MR) is 107 cm³/mol. The number of hydrogen-bond donors (Lipinski definition) is 1. The van der Waals surface area contributed by atoms with Crippen LogP contribution in [0.4, 0.5) is 0 Å². The van der Waals surface area contributed by atoms with Gasteiger partial charge in [0.05, 0.1) is 12.7 Å². The summed E-state index contributed by atoms with van der Waals surface area (Å²) in [6.07, 6.45) is 27.7. The molecule has 2 nitrogen and oxygen atoms in total. The molecule has 1 rings (SSSR count). The summed E-state index contributed by atoms with van der Waals surface area (Å²) in [6, 6.07) is 0. The summed E-state index contributed by atoms with van der Waals surface area (Å²) >= 11 is 0. The molecule has 1 unspecified atom stereocenters. The van der Waals surface area contributed by atoms with Crippen molar-refractivity contribution >= 4 is 0 Å². The molecule has 144 valence electrons. The second-order valence-electron chi connectivity index (χ2n) is 7.90. The highest BCUT2D eigenvalue weighted by atomic mass is 16.6. The lowest BCUT2D eigenvalue weighted by Crippen LogP contribution is -1.97. The second-order valence-corrected chi connectivity index (χ2v) is 7.90. The van der Waals surface area contributed by atoms with Crippen molar-refractivity contribution in [2.45, 2.75) is 128 Å². The first-order chi connectivity index (χ1) is 11.9. The van der Waals surface area contributed by atoms with Gasteiger partial charge in [-0.3, -0.25) is 0 Å². The Hall–Kier alpha value is -0.0800. The fourth-order valence-corrected chi connectivity index (χ4v) is 3.58. The fraction of sp³-hybridized carbons (Fsp3) is 1.00. The minimum absolute atomic E-state index is 0.645. The topological polar surface area (TPSA) is 38.5 Å². The molecular weight excluding hydrogens is 294 g/mol. The Kier molecular flexibility index (Phi) is 16.2. The van der Waals surface area contributed by atoms with E-state index in [9.17, 15) is 0 Å². The summed E-state index contributed by atoms with van der Waals surface area (Å²) in [5.74, 6) is 0. The molecular formula is C22H45NO. The van der Waals surface area contributed by atoms with Crippen molar-refractivity contribution in [1.29, 1.82) is 0 Å². The molecule has 1 fully saturated rings. The molecule has 0 bridgehead atoms. The SMILES string of the molecule is NCCCCCCCCCCCCCCCCCCCCC1CO1. The summed E-state index contributed by atoms with van der Waals surface area (Å²) in [7, 11) is 0. The first-order valence-electron chi connectivity index (χ1n) is 11.2. The smallest absolute Gasteiger partial charge is 0.0810 e. The van der Waals surface area contributed by atoms with Crippen molar-refractivity contribution in [3.05, 3.63) is 0 Å². The van der Waals surface area contributed by atoms with Crippen LogP contribution in [-0.4, -0.2) is 19.3 Å². The summed E-state index contributed by atoms with van der Waals surface area (Å²) in [5.41, 5.74) is 5.51. The van der Waals surface area contributed by atoms with E-state index in [-0.39, 0.29) is 0 Å². The van der Waals surface area contributed by atoms with Gasteiger partial charge < -0.3 is 10.5 Å². The van der Waals surface area contributed by atoms with Crippen LogP contribution in [0.1, 0.15) is 122 Å². The van der Waals surface area contributed by atoms with E-state index in [2.05, 4.69) is 0 Å². The van der Waals surface area contributed by atoms with E-state index < -0.39 is 0 Å². The van der Waals surface area contributed by atoms with Crippen molar-refractivity contribution in [3.8, 4) is 0 Å². The zero-order valence-corrected chi connectivity index (χ0v) is 16.4. The van der Waals surface area contributed by atoms with Gasteiger partial charge in [0.2, 0.25) is 0 Å². The third-order valence-corrected chi connectivity index (χ3v) is 5.38. The molecule has 1 aliphatic heterocycles. The van der Waals surface area contributed by atoms with Crippen LogP contribution in [0.3, 0.4) is 0 Å². The van der Waals surface area contributed by atoms with Crippen LogP contribution in [-0.2, 0) is 4.74 Å². The van der Waals surface area contributed by atoms with E-state index in [4.69, 9.17) is 10.5 Å². The van der Waals surface area contributed by atoms with Crippen LogP contribution in [0, 0.1) is 0 Å². The molecule has 0 radical (unpaired) electrons. The molecule has 1 aliphatic rings. The van der Waals surface area contributed by atoms with E-state index in [1.54, 1.807) is 0 Å². The standard InChI is InChI=1S/C22H45NO/c23-20-18-16-14-12-10-8-6-4-2-1-3-5-7-9-11-13-15-17-19-22-21-24-22/h22H,1-21,23H2. The Morgan fingerprint density at radius 2 is 0.792 bits per heavy atom. The molecule has 0 aromatic carbocycles. The third kappa shape index (κ3) is 16.8. The predicted octanol–water partition coefficient (Wildman–Crippen LogP) is 6.76. The lowest BCUT2D eigenvalue weighted by molar-refractivity contribution is 0.387. The van der Waals surface area contributed by atoms with Gasteiger partial charge in [0, 0.05) is 0 Å². The van der Waals surface area contributed by atoms with E-state index in [0.29, 0.717) is 6.10 Å². The minimum atomic E-state index is 0.645. The average molecular weight is 340 g/mol. The van der Waals surface area contributed by atoms with Crippen LogP contribution in [0.25, 0.3) is 0 Å². The number of unbranched alkanes of at least 4 members (excludes halogenated alkanes) is 17. The van der Waals surface area contributed by atoms with Gasteiger partial charge in [-0.1, -0.05) is 109 Å². The molecule has 0 aliphatic carbocycles. The number of ether oxygens (including phenoxy) is 1. The Balaban J connectivity index is 1.59. The molecule has 24 heavy (non-hydrogen) atoms. The van der Waals surface area contributed by atoms with Crippen molar-refractivity contribution < 1.29 is 4.74 Å². The first-order valence-corrected chi connectivity index (χ1v) is 11.2. The molecule has 2 N–H and O–H groups in total. The Labute approximate surface area is 152 Å². The van der Waals surface area contributed by atoms with Gasteiger partial charge in [0.15, 0.2) is 0 Å². The van der Waals surface area contributed by atoms with Crippen LogP contribution < -0.4 is 5.73 Å². The largest absolute Gasteiger partial charge is 0.373 e. The maximum Gasteiger partial charge on any atom is 0.0810 e. The number of epoxide rings is 1. The van der Waals surface area contributed by atoms with E-state index in [0.717, 1.165) is 13.2 Å². The second kappa shape index (κ2) is 17.7. The van der Waals surface area contributed by atoms with Gasteiger partial charge in [-0.2, -0.15) is 0 Å². The van der Waals surface area contributed by atoms with Crippen LogP contribution in [0.5, 0.6) is 0 Å². The molecule has 0 spiro atoms. The summed E-state index contributed by atoms with van der Waals surface area (Å²) in [4.78, 5) is 0. The average Bonchev–Trinajstić information content (AvgIpc) is 3.41. The van der Waals surface area contributed by atoms with Gasteiger partial charge in [0.25, 0.3) is 0 Å². The third-order valence-electron chi connectivity index (χ3n) is 5.38. The van der Waals surface area contributed by atoms with Gasteiger partial charge in [-0.05, 0) is 19.4 Å². The first kappa shape index (κ1) is 22.0. The van der Waals surface area contributed by atoms with Gasteiger partial charge in [-0.25, -0.2) is 0 Å². The maximum absolute atomic E-state index is 5.51. The van der Waals surface area contributed by atoms with Crippen LogP contribution in [0.15, 0.2) is 0 Å². The lowest BCUT2D eigenvalue weighted by atomic mass is 10.0. The molecule has 0 aromatic heterocycles. The number of rotatable bonds is 20. The van der Waals surface area contributed by atoms with E-state index >= 15 is 0 Å². The van der Waals surface area contributed by atoms with Crippen molar-refractivity contribution in [1.82, 2.24) is 0 Å². The van der Waals surface area contributed by atoms with Gasteiger partial charge in [-0.15, -0.1) is 0 Å². The summed E-state index contributed by atoms with van der Waals surface area (Å²) < 4.78 is 5.24. The number of hydrogen-bond acceptors (Lipinski definition) is 2. The quantitative estimate of drug-likeness (QED) is 0.197. The van der Waals surface area contributed by atoms with Crippen LogP contribution in [0.2, 0.25) is 0 Å². The lowest BCUT2D eigenvalue weighted by Gasteiger charge is -2.04. The highest BCUT2D eigenvalue weighted by Gasteiger charge is 2.20. The van der Waals surface area contributed by atoms with E-state index in [1.807, 2.05) is 0 Å². The molecule has 0 amide bonds.